The fourth-order valence-corrected chi connectivity index (χ4v) is 4.78. The Morgan fingerprint density at radius 2 is 1.68 bits per heavy atom. The van der Waals surface area contributed by atoms with Crippen molar-refractivity contribution in [2.24, 2.45) is 0 Å². The van der Waals surface area contributed by atoms with Crippen LogP contribution in [0.25, 0.3) is 22.4 Å². The first-order chi connectivity index (χ1) is 18.0. The Morgan fingerprint density at radius 3 is 2.38 bits per heavy atom. The average Bonchev–Trinajstić information content (AvgIpc) is 3.60. The number of nitrogens with one attached hydrogen (secondary N) is 2. The number of rotatable bonds is 8. The third kappa shape index (κ3) is 5.47. The molecule has 5 aromatic rings. The second-order valence-corrected chi connectivity index (χ2v) is 9.47. The number of nitrogens with two attached hydrogens (primary N) is 1. The molecule has 0 atom stereocenters. The number of phenolic OH excluding ortho intramolecular Hbond substituents is 1. The SMILES string of the molecule is Nc1ccccc1NC(=O)c1ccc(CCC(=O)c2[nH]c(-c3ccsc3)cc2-c2ccc(O)cc2)cc1. The lowest BCUT2D eigenvalue weighted by molar-refractivity contribution is 0.0977. The Bertz CT molecular complexity index is 1540. The Labute approximate surface area is 218 Å². The van der Waals surface area contributed by atoms with E-state index in [1.165, 1.54) is 0 Å². The minimum Gasteiger partial charge on any atom is -0.508 e. The number of anilines is 2. The number of benzene rings is 3. The maximum absolute atomic E-state index is 13.3. The predicted octanol–water partition coefficient (Wildman–Crippen LogP) is 6.77. The highest BCUT2D eigenvalue weighted by molar-refractivity contribution is 7.08. The highest BCUT2D eigenvalue weighted by atomic mass is 32.1. The molecule has 5 N–H and O–H groups in total. The van der Waals surface area contributed by atoms with Crippen molar-refractivity contribution >= 4 is 34.4 Å². The van der Waals surface area contributed by atoms with E-state index in [1.807, 2.05) is 47.2 Å². The first-order valence-corrected chi connectivity index (χ1v) is 12.7. The van der Waals surface area contributed by atoms with Crippen molar-refractivity contribution in [3.63, 3.8) is 0 Å². The third-order valence-corrected chi connectivity index (χ3v) is 6.86. The number of amides is 1. The Morgan fingerprint density at radius 1 is 0.919 bits per heavy atom. The van der Waals surface area contributed by atoms with Crippen LogP contribution < -0.4 is 11.1 Å². The van der Waals surface area contributed by atoms with Gasteiger partial charge >= 0.3 is 0 Å². The summed E-state index contributed by atoms with van der Waals surface area (Å²) < 4.78 is 0. The third-order valence-electron chi connectivity index (χ3n) is 6.17. The largest absolute Gasteiger partial charge is 0.508 e. The number of thiophene rings is 1. The van der Waals surface area contributed by atoms with Gasteiger partial charge in [-0.25, -0.2) is 0 Å². The molecule has 0 bridgehead atoms. The first kappa shape index (κ1) is 24.1. The van der Waals surface area contributed by atoms with Crippen LogP contribution in [0.1, 0.15) is 32.8 Å². The fourth-order valence-electron chi connectivity index (χ4n) is 4.13. The normalized spacial score (nSPS) is 10.8. The van der Waals surface area contributed by atoms with Crippen molar-refractivity contribution in [1.29, 1.82) is 0 Å². The lowest BCUT2D eigenvalue weighted by Gasteiger charge is -2.08. The molecule has 0 radical (unpaired) electrons. The summed E-state index contributed by atoms with van der Waals surface area (Å²) in [6.07, 6.45) is 0.842. The summed E-state index contributed by atoms with van der Waals surface area (Å²) in [6, 6.07) is 25.2. The van der Waals surface area contributed by atoms with E-state index in [4.69, 9.17) is 5.73 Å². The van der Waals surface area contributed by atoms with Crippen LogP contribution in [0.4, 0.5) is 11.4 Å². The standard InChI is InChI=1S/C30H25N3O3S/c31-25-3-1-2-4-26(25)33-30(36)21-8-5-19(6-9-21)7-14-28(35)29-24(20-10-12-23(34)13-11-20)17-27(32-29)22-15-16-37-18-22/h1-6,8-13,15-18,32,34H,7,14,31H2,(H,33,36). The van der Waals surface area contributed by atoms with Crippen molar-refractivity contribution in [3.05, 3.63) is 113 Å². The van der Waals surface area contributed by atoms with Gasteiger partial charge in [-0.3, -0.25) is 9.59 Å². The Hall–Kier alpha value is -4.62. The van der Waals surface area contributed by atoms with Crippen molar-refractivity contribution in [3.8, 4) is 28.1 Å². The van der Waals surface area contributed by atoms with Crippen molar-refractivity contribution in [2.75, 3.05) is 11.1 Å². The molecule has 0 fully saturated rings. The summed E-state index contributed by atoms with van der Waals surface area (Å²) in [6.45, 7) is 0. The van der Waals surface area contributed by atoms with Crippen LogP contribution in [0.2, 0.25) is 0 Å². The van der Waals surface area contributed by atoms with E-state index >= 15 is 0 Å². The number of ketones is 1. The summed E-state index contributed by atoms with van der Waals surface area (Å²) in [4.78, 5) is 29.2. The average molecular weight is 508 g/mol. The highest BCUT2D eigenvalue weighted by Gasteiger charge is 2.18. The second kappa shape index (κ2) is 10.6. The molecular weight excluding hydrogens is 482 g/mol. The number of Topliss-reactive ketones (excluding diaryl/α,β-unsaturated/α-hetero) is 1. The van der Waals surface area contributed by atoms with E-state index < -0.39 is 0 Å². The van der Waals surface area contributed by atoms with Crippen LogP contribution in [-0.4, -0.2) is 21.8 Å². The molecule has 0 aliphatic rings. The maximum Gasteiger partial charge on any atom is 0.255 e. The number of carbonyl (C=O) groups is 2. The van der Waals surface area contributed by atoms with E-state index in [0.29, 0.717) is 35.5 Å². The molecule has 7 heteroatoms. The van der Waals surface area contributed by atoms with Gasteiger partial charge in [0.05, 0.1) is 17.1 Å². The molecule has 0 spiro atoms. The molecule has 2 aromatic heterocycles. The number of aromatic nitrogens is 1. The van der Waals surface area contributed by atoms with Gasteiger partial charge in [-0.05, 0) is 71.5 Å². The molecule has 6 nitrogen and oxygen atoms in total. The molecule has 0 aliphatic carbocycles. The lowest BCUT2D eigenvalue weighted by atomic mass is 9.99. The second-order valence-electron chi connectivity index (χ2n) is 8.69. The van der Waals surface area contributed by atoms with E-state index in [1.54, 1.807) is 59.9 Å². The molecule has 184 valence electrons. The Kier molecular flexibility index (Phi) is 6.87. The van der Waals surface area contributed by atoms with E-state index in [2.05, 4.69) is 10.3 Å². The molecule has 0 saturated carbocycles. The molecule has 2 heterocycles. The van der Waals surface area contributed by atoms with E-state index in [9.17, 15) is 14.7 Å². The molecule has 5 rings (SSSR count). The number of aromatic hydroxyl groups is 1. The monoisotopic (exact) mass is 507 g/mol. The first-order valence-electron chi connectivity index (χ1n) is 11.8. The van der Waals surface area contributed by atoms with E-state index in [-0.39, 0.29) is 17.4 Å². The van der Waals surface area contributed by atoms with Crippen molar-refractivity contribution < 1.29 is 14.7 Å². The topological polar surface area (TPSA) is 108 Å². The zero-order valence-corrected chi connectivity index (χ0v) is 20.7. The van der Waals surface area contributed by atoms with Crippen molar-refractivity contribution in [1.82, 2.24) is 4.98 Å². The van der Waals surface area contributed by atoms with Gasteiger partial charge < -0.3 is 21.1 Å². The fraction of sp³-hybridized carbons (Fsp3) is 0.0667. The molecule has 37 heavy (non-hydrogen) atoms. The van der Waals surface area contributed by atoms with Gasteiger partial charge in [0, 0.05) is 34.2 Å². The summed E-state index contributed by atoms with van der Waals surface area (Å²) in [7, 11) is 0. The number of phenols is 1. The molecule has 0 unspecified atom stereocenters. The number of nitrogen functional groups attached to an aromatic ring is 1. The predicted molar refractivity (Wildman–Crippen MR) is 149 cm³/mol. The number of carbonyl (C=O) groups excluding carboxylic acids is 2. The van der Waals surface area contributed by atoms with Gasteiger partial charge in [0.25, 0.3) is 5.91 Å². The van der Waals surface area contributed by atoms with Crippen LogP contribution in [-0.2, 0) is 6.42 Å². The van der Waals surface area contributed by atoms with Crippen LogP contribution in [0.3, 0.4) is 0 Å². The van der Waals surface area contributed by atoms with Gasteiger partial charge in [-0.1, -0.05) is 36.4 Å². The highest BCUT2D eigenvalue weighted by Crippen LogP contribution is 2.32. The summed E-state index contributed by atoms with van der Waals surface area (Å²) in [5, 5.41) is 16.5. The van der Waals surface area contributed by atoms with E-state index in [0.717, 1.165) is 27.9 Å². The van der Waals surface area contributed by atoms with Crippen LogP contribution in [0, 0.1) is 0 Å². The molecular formula is C30H25N3O3S. The lowest BCUT2D eigenvalue weighted by Crippen LogP contribution is -2.13. The number of aromatic amines is 1. The van der Waals surface area contributed by atoms with Crippen molar-refractivity contribution in [2.45, 2.75) is 12.8 Å². The maximum atomic E-state index is 13.3. The number of H-pyrrole nitrogens is 1. The number of hydrogen-bond acceptors (Lipinski definition) is 5. The van der Waals surface area contributed by atoms with Crippen LogP contribution in [0.5, 0.6) is 5.75 Å². The zero-order valence-electron chi connectivity index (χ0n) is 19.9. The van der Waals surface area contributed by atoms with Crippen LogP contribution in [0.15, 0.2) is 95.7 Å². The number of para-hydroxylation sites is 2. The number of hydrogen-bond donors (Lipinski definition) is 4. The summed E-state index contributed by atoms with van der Waals surface area (Å²) in [5.74, 6) is -0.0769. The molecule has 3 aromatic carbocycles. The number of aryl methyl sites for hydroxylation is 1. The molecule has 0 saturated heterocycles. The minimum absolute atomic E-state index is 0.00840. The molecule has 0 aliphatic heterocycles. The van der Waals surface area contributed by atoms with Gasteiger partial charge in [0.15, 0.2) is 5.78 Å². The van der Waals surface area contributed by atoms with Crippen LogP contribution >= 0.6 is 11.3 Å². The van der Waals surface area contributed by atoms with Gasteiger partial charge in [0.1, 0.15) is 5.75 Å². The quantitative estimate of drug-likeness (QED) is 0.137. The van der Waals surface area contributed by atoms with Gasteiger partial charge in [0.2, 0.25) is 0 Å². The summed E-state index contributed by atoms with van der Waals surface area (Å²) >= 11 is 1.59. The van der Waals surface area contributed by atoms with Gasteiger partial charge in [-0.2, -0.15) is 11.3 Å². The minimum atomic E-state index is -0.244. The molecule has 1 amide bonds. The smallest absolute Gasteiger partial charge is 0.255 e. The Balaban J connectivity index is 1.30. The van der Waals surface area contributed by atoms with Gasteiger partial charge in [-0.15, -0.1) is 0 Å². The zero-order chi connectivity index (χ0) is 25.8. The summed E-state index contributed by atoms with van der Waals surface area (Å²) in [5.41, 5.74) is 12.6.